The zero-order valence-corrected chi connectivity index (χ0v) is 15.0. The molecule has 0 aromatic heterocycles. The van der Waals surface area contributed by atoms with Crippen LogP contribution in [0.4, 0.5) is 0 Å². The van der Waals surface area contributed by atoms with Crippen molar-refractivity contribution < 1.29 is 15.0 Å². The van der Waals surface area contributed by atoms with Gasteiger partial charge < -0.3 is 10.2 Å². The quantitative estimate of drug-likeness (QED) is 0.429. The summed E-state index contributed by atoms with van der Waals surface area (Å²) < 4.78 is 0. The molecular formula is C16H33BrO3. The van der Waals surface area contributed by atoms with Crippen LogP contribution in [0.3, 0.4) is 0 Å². The molecule has 0 amide bonds. The normalized spacial score (nSPS) is 10.8. The Kier molecular flexibility index (Phi) is 17.0. The molecule has 0 saturated carbocycles. The highest BCUT2D eigenvalue weighted by molar-refractivity contribution is 9.09. The van der Waals surface area contributed by atoms with Crippen LogP contribution in [0.2, 0.25) is 0 Å². The summed E-state index contributed by atoms with van der Waals surface area (Å²) in [5.74, 6) is -0.665. The molecule has 0 bridgehead atoms. The van der Waals surface area contributed by atoms with Crippen molar-refractivity contribution in [2.45, 2.75) is 78.6 Å². The van der Waals surface area contributed by atoms with Crippen molar-refractivity contribution >= 4 is 21.9 Å². The van der Waals surface area contributed by atoms with Crippen LogP contribution < -0.4 is 0 Å². The van der Waals surface area contributed by atoms with E-state index in [2.05, 4.69) is 15.9 Å². The van der Waals surface area contributed by atoms with E-state index < -0.39 is 5.97 Å². The third kappa shape index (κ3) is 26.5. The standard InChI is InChI=1S/C11H21BrO2.C5H12O/c12-10-8-6-4-2-1-3-5-7-9-11(13)14;1-5(2,3)4-6/h1-10H2,(H,13,14);6H,4H2,1-3H3. The molecule has 0 spiro atoms. The lowest BCUT2D eigenvalue weighted by Gasteiger charge is -2.11. The third-order valence-corrected chi connectivity index (χ3v) is 3.31. The van der Waals surface area contributed by atoms with Crippen LogP contribution in [0, 0.1) is 5.41 Å². The minimum absolute atomic E-state index is 0.0972. The molecule has 0 unspecified atom stereocenters. The summed E-state index contributed by atoms with van der Waals surface area (Å²) in [6.45, 7) is 6.25. The number of alkyl halides is 1. The van der Waals surface area contributed by atoms with Gasteiger partial charge in [0.25, 0.3) is 0 Å². The van der Waals surface area contributed by atoms with Gasteiger partial charge in [0, 0.05) is 18.4 Å². The average Bonchev–Trinajstić information content (AvgIpc) is 2.36. The van der Waals surface area contributed by atoms with E-state index in [4.69, 9.17) is 10.2 Å². The molecule has 0 radical (unpaired) electrons. The molecule has 0 heterocycles. The Morgan fingerprint density at radius 2 is 1.25 bits per heavy atom. The van der Waals surface area contributed by atoms with Crippen molar-refractivity contribution in [2.24, 2.45) is 5.41 Å². The fourth-order valence-electron chi connectivity index (χ4n) is 1.43. The fourth-order valence-corrected chi connectivity index (χ4v) is 1.83. The zero-order valence-electron chi connectivity index (χ0n) is 13.5. The van der Waals surface area contributed by atoms with E-state index in [1.807, 2.05) is 20.8 Å². The first-order valence-electron chi connectivity index (χ1n) is 7.72. The number of aliphatic hydroxyl groups is 1. The molecular weight excluding hydrogens is 320 g/mol. The van der Waals surface area contributed by atoms with Gasteiger partial charge in [-0.15, -0.1) is 0 Å². The SMILES string of the molecule is CC(C)(C)CO.O=C(O)CCCCCCCCCCBr. The number of carbonyl (C=O) groups is 1. The Morgan fingerprint density at radius 1 is 0.900 bits per heavy atom. The molecule has 0 fully saturated rings. The number of aliphatic hydroxyl groups excluding tert-OH is 1. The number of unbranched alkanes of at least 4 members (excludes halogenated alkanes) is 7. The van der Waals surface area contributed by atoms with Gasteiger partial charge in [-0.3, -0.25) is 4.79 Å². The fraction of sp³-hybridized carbons (Fsp3) is 0.938. The van der Waals surface area contributed by atoms with Crippen molar-refractivity contribution in [3.05, 3.63) is 0 Å². The summed E-state index contributed by atoms with van der Waals surface area (Å²) in [6, 6.07) is 0. The zero-order chi connectivity index (χ0) is 15.9. The molecule has 0 rings (SSSR count). The lowest BCUT2D eigenvalue weighted by atomic mass is 9.99. The highest BCUT2D eigenvalue weighted by Gasteiger charge is 2.05. The van der Waals surface area contributed by atoms with E-state index in [0.717, 1.165) is 18.2 Å². The predicted octanol–water partition coefficient (Wildman–Crippen LogP) is 5.00. The Balaban J connectivity index is 0. The van der Waals surface area contributed by atoms with Gasteiger partial charge in [0.05, 0.1) is 0 Å². The summed E-state index contributed by atoms with van der Waals surface area (Å²) in [7, 11) is 0. The molecule has 0 aromatic rings. The van der Waals surface area contributed by atoms with Gasteiger partial charge in [-0.05, 0) is 18.3 Å². The first-order chi connectivity index (χ1) is 9.33. The molecule has 0 aromatic carbocycles. The molecule has 4 heteroatoms. The van der Waals surface area contributed by atoms with E-state index in [9.17, 15) is 4.79 Å². The lowest BCUT2D eigenvalue weighted by Crippen LogP contribution is -2.09. The monoisotopic (exact) mass is 352 g/mol. The highest BCUT2D eigenvalue weighted by Crippen LogP contribution is 2.10. The van der Waals surface area contributed by atoms with Crippen LogP contribution in [-0.2, 0) is 4.79 Å². The van der Waals surface area contributed by atoms with Gasteiger partial charge in [-0.1, -0.05) is 75.2 Å². The number of carboxylic acids is 1. The van der Waals surface area contributed by atoms with Gasteiger partial charge in [0.15, 0.2) is 0 Å². The first-order valence-corrected chi connectivity index (χ1v) is 8.84. The molecule has 122 valence electrons. The number of hydrogen-bond acceptors (Lipinski definition) is 2. The number of carboxylic acid groups (broad SMARTS) is 1. The van der Waals surface area contributed by atoms with E-state index in [0.29, 0.717) is 6.42 Å². The third-order valence-electron chi connectivity index (χ3n) is 2.75. The van der Waals surface area contributed by atoms with Crippen molar-refractivity contribution in [1.82, 2.24) is 0 Å². The topological polar surface area (TPSA) is 57.5 Å². The van der Waals surface area contributed by atoms with E-state index in [-0.39, 0.29) is 12.0 Å². The number of hydrogen-bond donors (Lipinski definition) is 2. The second-order valence-corrected chi connectivity index (χ2v) is 7.17. The highest BCUT2D eigenvalue weighted by atomic mass is 79.9. The Labute approximate surface area is 133 Å². The number of rotatable bonds is 10. The van der Waals surface area contributed by atoms with Crippen LogP contribution in [0.5, 0.6) is 0 Å². The molecule has 20 heavy (non-hydrogen) atoms. The smallest absolute Gasteiger partial charge is 0.303 e. The van der Waals surface area contributed by atoms with Crippen LogP contribution in [0.15, 0.2) is 0 Å². The average molecular weight is 353 g/mol. The minimum Gasteiger partial charge on any atom is -0.481 e. The predicted molar refractivity (Wildman–Crippen MR) is 89.5 cm³/mol. The molecule has 0 atom stereocenters. The molecule has 0 aliphatic rings. The van der Waals surface area contributed by atoms with E-state index >= 15 is 0 Å². The maximum atomic E-state index is 10.2. The van der Waals surface area contributed by atoms with Gasteiger partial charge in [-0.25, -0.2) is 0 Å². The maximum absolute atomic E-state index is 10.2. The summed E-state index contributed by atoms with van der Waals surface area (Å²) >= 11 is 3.41. The summed E-state index contributed by atoms with van der Waals surface area (Å²) in [5, 5.41) is 17.9. The Morgan fingerprint density at radius 3 is 1.55 bits per heavy atom. The molecule has 0 saturated heterocycles. The van der Waals surface area contributed by atoms with Crippen LogP contribution in [-0.4, -0.2) is 28.1 Å². The Bertz CT molecular complexity index is 212. The van der Waals surface area contributed by atoms with E-state index in [1.165, 1.54) is 38.5 Å². The van der Waals surface area contributed by atoms with Gasteiger partial charge >= 0.3 is 5.97 Å². The maximum Gasteiger partial charge on any atom is 0.303 e. The summed E-state index contributed by atoms with van der Waals surface area (Å²) in [6.07, 6.45) is 9.94. The Hall–Kier alpha value is -0.0900. The molecule has 0 aliphatic carbocycles. The van der Waals surface area contributed by atoms with Crippen molar-refractivity contribution in [1.29, 1.82) is 0 Å². The van der Waals surface area contributed by atoms with Crippen LogP contribution in [0.25, 0.3) is 0 Å². The van der Waals surface area contributed by atoms with Gasteiger partial charge in [0.2, 0.25) is 0 Å². The van der Waals surface area contributed by atoms with Crippen molar-refractivity contribution in [3.63, 3.8) is 0 Å². The minimum atomic E-state index is -0.665. The number of halogens is 1. The first kappa shape index (κ1) is 22.2. The van der Waals surface area contributed by atoms with Gasteiger partial charge in [-0.2, -0.15) is 0 Å². The number of aliphatic carboxylic acids is 1. The van der Waals surface area contributed by atoms with Crippen LogP contribution >= 0.6 is 15.9 Å². The molecule has 3 nitrogen and oxygen atoms in total. The van der Waals surface area contributed by atoms with Crippen molar-refractivity contribution in [2.75, 3.05) is 11.9 Å². The lowest BCUT2D eigenvalue weighted by molar-refractivity contribution is -0.137. The van der Waals surface area contributed by atoms with Crippen LogP contribution in [0.1, 0.15) is 78.6 Å². The van der Waals surface area contributed by atoms with Gasteiger partial charge in [0.1, 0.15) is 0 Å². The molecule has 2 N–H and O–H groups in total. The summed E-state index contributed by atoms with van der Waals surface area (Å²) in [5.41, 5.74) is 0.0972. The second-order valence-electron chi connectivity index (χ2n) is 6.38. The largest absolute Gasteiger partial charge is 0.481 e. The van der Waals surface area contributed by atoms with Crippen molar-refractivity contribution in [3.8, 4) is 0 Å². The second kappa shape index (κ2) is 15.3. The molecule has 0 aliphatic heterocycles. The van der Waals surface area contributed by atoms with E-state index in [1.54, 1.807) is 0 Å². The summed E-state index contributed by atoms with van der Waals surface area (Å²) in [4.78, 5) is 10.2.